The van der Waals surface area contributed by atoms with Crippen molar-refractivity contribution in [1.29, 1.82) is 0 Å². The number of hydrogen-bond donors (Lipinski definition) is 0. The van der Waals surface area contributed by atoms with Gasteiger partial charge in [0.25, 0.3) is 0 Å². The number of hydrogen-bond acceptors (Lipinski definition) is 6. The SMILES string of the molecule is CCCC(=O)O[C@@H](CC(=O)CP(=O)(OCC)OCC)c1ccc(C)cc1. The molecule has 0 bridgehead atoms. The van der Waals surface area contributed by atoms with Crippen molar-refractivity contribution < 1.29 is 27.9 Å². The van der Waals surface area contributed by atoms with E-state index in [2.05, 4.69) is 0 Å². The lowest BCUT2D eigenvalue weighted by Crippen LogP contribution is -2.18. The second-order valence-electron chi connectivity index (χ2n) is 5.99. The third-order valence-electron chi connectivity index (χ3n) is 3.61. The fourth-order valence-electron chi connectivity index (χ4n) is 2.44. The second kappa shape index (κ2) is 11.3. The Labute approximate surface area is 155 Å². The van der Waals surface area contributed by atoms with E-state index in [4.69, 9.17) is 13.8 Å². The smallest absolute Gasteiger partial charge is 0.338 e. The van der Waals surface area contributed by atoms with Gasteiger partial charge in [-0.15, -0.1) is 0 Å². The van der Waals surface area contributed by atoms with Crippen LogP contribution >= 0.6 is 7.60 Å². The van der Waals surface area contributed by atoms with Gasteiger partial charge in [-0.2, -0.15) is 0 Å². The van der Waals surface area contributed by atoms with Gasteiger partial charge < -0.3 is 13.8 Å². The van der Waals surface area contributed by atoms with E-state index in [1.165, 1.54) is 0 Å². The third-order valence-corrected chi connectivity index (χ3v) is 5.65. The normalized spacial score (nSPS) is 12.6. The Balaban J connectivity index is 2.89. The zero-order valence-corrected chi connectivity index (χ0v) is 16.9. The summed E-state index contributed by atoms with van der Waals surface area (Å²) in [6, 6.07) is 7.45. The average Bonchev–Trinajstić information content (AvgIpc) is 2.55. The van der Waals surface area contributed by atoms with E-state index in [1.54, 1.807) is 13.8 Å². The van der Waals surface area contributed by atoms with Gasteiger partial charge in [-0.3, -0.25) is 14.2 Å². The number of carbonyl (C=O) groups excluding carboxylic acids is 2. The molecule has 0 saturated heterocycles. The molecule has 1 atom stereocenters. The molecule has 0 fully saturated rings. The lowest BCUT2D eigenvalue weighted by Gasteiger charge is -2.20. The summed E-state index contributed by atoms with van der Waals surface area (Å²) in [5.74, 6) is -0.686. The molecule has 6 nitrogen and oxygen atoms in total. The minimum atomic E-state index is -3.47. The molecule has 1 aromatic rings. The van der Waals surface area contributed by atoms with Gasteiger partial charge in [0, 0.05) is 12.8 Å². The summed E-state index contributed by atoms with van der Waals surface area (Å²) in [4.78, 5) is 24.4. The van der Waals surface area contributed by atoms with Gasteiger partial charge in [0.2, 0.25) is 0 Å². The highest BCUT2D eigenvalue weighted by Gasteiger charge is 2.30. The summed E-state index contributed by atoms with van der Waals surface area (Å²) >= 11 is 0. The van der Waals surface area contributed by atoms with E-state index in [0.29, 0.717) is 6.42 Å². The van der Waals surface area contributed by atoms with Gasteiger partial charge >= 0.3 is 13.6 Å². The summed E-state index contributed by atoms with van der Waals surface area (Å²) in [6.45, 7) is 7.60. The van der Waals surface area contributed by atoms with Gasteiger partial charge in [-0.25, -0.2) is 0 Å². The Kier molecular flexibility index (Phi) is 9.78. The molecule has 26 heavy (non-hydrogen) atoms. The van der Waals surface area contributed by atoms with Crippen LogP contribution in [0.2, 0.25) is 0 Å². The first kappa shape index (κ1) is 22.6. The Morgan fingerprint density at radius 2 is 1.62 bits per heavy atom. The summed E-state index contributed by atoms with van der Waals surface area (Å²) in [5.41, 5.74) is 1.80. The highest BCUT2D eigenvalue weighted by Crippen LogP contribution is 2.48. The third kappa shape index (κ3) is 7.81. The van der Waals surface area contributed by atoms with E-state index < -0.39 is 13.7 Å². The van der Waals surface area contributed by atoms with Crippen LogP contribution in [0.25, 0.3) is 0 Å². The molecule has 0 aromatic heterocycles. The number of aryl methyl sites for hydroxylation is 1. The quantitative estimate of drug-likeness (QED) is 0.387. The van der Waals surface area contributed by atoms with Crippen molar-refractivity contribution in [1.82, 2.24) is 0 Å². The average molecular weight is 384 g/mol. The van der Waals surface area contributed by atoms with Crippen molar-refractivity contribution >= 4 is 19.3 Å². The molecule has 0 amide bonds. The fraction of sp³-hybridized carbons (Fsp3) is 0.579. The Hall–Kier alpha value is -1.49. The van der Waals surface area contributed by atoms with Crippen LogP contribution in [-0.4, -0.2) is 31.1 Å². The number of esters is 1. The molecule has 1 rings (SSSR count). The van der Waals surface area contributed by atoms with E-state index in [-0.39, 0.29) is 44.0 Å². The van der Waals surface area contributed by atoms with Gasteiger partial charge in [0.1, 0.15) is 18.0 Å². The predicted molar refractivity (Wildman–Crippen MR) is 100 cm³/mol. The van der Waals surface area contributed by atoms with Crippen LogP contribution in [-0.2, 0) is 27.9 Å². The molecule has 0 spiro atoms. The molecule has 0 aliphatic carbocycles. The summed E-state index contributed by atoms with van der Waals surface area (Å²) < 4.78 is 28.4. The summed E-state index contributed by atoms with van der Waals surface area (Å²) in [5, 5.41) is 0. The molecule has 0 aliphatic rings. The van der Waals surface area contributed by atoms with Crippen molar-refractivity contribution in [2.75, 3.05) is 19.4 Å². The number of benzene rings is 1. The lowest BCUT2D eigenvalue weighted by atomic mass is 10.0. The molecular weight excluding hydrogens is 355 g/mol. The molecule has 7 heteroatoms. The van der Waals surface area contributed by atoms with Crippen LogP contribution in [0.5, 0.6) is 0 Å². The second-order valence-corrected chi connectivity index (χ2v) is 8.04. The van der Waals surface area contributed by atoms with E-state index in [9.17, 15) is 14.2 Å². The first-order valence-electron chi connectivity index (χ1n) is 8.99. The molecule has 0 radical (unpaired) electrons. The largest absolute Gasteiger partial charge is 0.457 e. The zero-order chi connectivity index (χ0) is 19.6. The molecular formula is C19H29O6P. The first-order chi connectivity index (χ1) is 12.3. The van der Waals surface area contributed by atoms with E-state index >= 15 is 0 Å². The Bertz CT molecular complexity index is 615. The molecule has 0 N–H and O–H groups in total. The number of ether oxygens (including phenoxy) is 1. The molecule has 0 unspecified atom stereocenters. The zero-order valence-electron chi connectivity index (χ0n) is 16.0. The maximum Gasteiger partial charge on any atom is 0.338 e. The molecule has 0 saturated carbocycles. The standard InChI is InChI=1S/C19H29O6P/c1-5-8-19(21)25-18(16-11-9-15(4)10-12-16)13-17(20)14-26(22,23-6-2)24-7-3/h9-12,18H,5-8,13-14H2,1-4H3/t18-/m0/s1. The summed E-state index contributed by atoms with van der Waals surface area (Å²) in [7, 11) is -3.47. The van der Waals surface area contributed by atoms with Gasteiger partial charge in [-0.05, 0) is 32.8 Å². The number of ketones is 1. The van der Waals surface area contributed by atoms with Gasteiger partial charge in [-0.1, -0.05) is 36.8 Å². The minimum Gasteiger partial charge on any atom is -0.457 e. The highest BCUT2D eigenvalue weighted by atomic mass is 31.2. The maximum absolute atomic E-state index is 12.5. The fourth-order valence-corrected chi connectivity index (χ4v) is 4.04. The first-order valence-corrected chi connectivity index (χ1v) is 10.7. The van der Waals surface area contributed by atoms with E-state index in [0.717, 1.165) is 11.1 Å². The van der Waals surface area contributed by atoms with Crippen LogP contribution in [0, 0.1) is 6.92 Å². The molecule has 1 aromatic carbocycles. The van der Waals surface area contributed by atoms with Crippen molar-refractivity contribution in [3.05, 3.63) is 35.4 Å². The van der Waals surface area contributed by atoms with Crippen molar-refractivity contribution in [2.24, 2.45) is 0 Å². The lowest BCUT2D eigenvalue weighted by molar-refractivity contribution is -0.150. The minimum absolute atomic E-state index is 0.0668. The van der Waals surface area contributed by atoms with Crippen molar-refractivity contribution in [3.8, 4) is 0 Å². The molecule has 0 aliphatic heterocycles. The van der Waals surface area contributed by atoms with Gasteiger partial charge in [0.15, 0.2) is 0 Å². The topological polar surface area (TPSA) is 78.9 Å². The predicted octanol–water partition coefficient (Wildman–Crippen LogP) is 4.60. The maximum atomic E-state index is 12.5. The van der Waals surface area contributed by atoms with Gasteiger partial charge in [0.05, 0.1) is 13.2 Å². The van der Waals surface area contributed by atoms with E-state index in [1.807, 2.05) is 38.1 Å². The van der Waals surface area contributed by atoms with Crippen LogP contribution in [0.3, 0.4) is 0 Å². The van der Waals surface area contributed by atoms with Crippen molar-refractivity contribution in [2.45, 2.75) is 53.1 Å². The van der Waals surface area contributed by atoms with Crippen molar-refractivity contribution in [3.63, 3.8) is 0 Å². The van der Waals surface area contributed by atoms with Crippen LogP contribution < -0.4 is 0 Å². The molecule has 0 heterocycles. The molecule has 146 valence electrons. The Morgan fingerprint density at radius 1 is 1.04 bits per heavy atom. The number of Topliss-reactive ketones (excluding diaryl/α,β-unsaturated/α-hetero) is 1. The summed E-state index contributed by atoms with van der Waals surface area (Å²) in [6.07, 6.45) is -0.159. The van der Waals surface area contributed by atoms with Crippen LogP contribution in [0.15, 0.2) is 24.3 Å². The monoisotopic (exact) mass is 384 g/mol. The number of carbonyl (C=O) groups is 2. The number of rotatable bonds is 12. The Morgan fingerprint density at radius 3 is 2.12 bits per heavy atom. The highest BCUT2D eigenvalue weighted by molar-refractivity contribution is 7.54. The van der Waals surface area contributed by atoms with Crippen LogP contribution in [0.4, 0.5) is 0 Å². The van der Waals surface area contributed by atoms with Crippen LogP contribution in [0.1, 0.15) is 57.3 Å².